The van der Waals surface area contributed by atoms with Gasteiger partial charge < -0.3 is 19.2 Å². The van der Waals surface area contributed by atoms with Crippen molar-refractivity contribution in [2.75, 3.05) is 26.4 Å². The summed E-state index contributed by atoms with van der Waals surface area (Å²) in [6, 6.07) is 6.11. The number of rotatable bonds is 8. The molecule has 3 aromatic rings. The minimum absolute atomic E-state index is 0.0137. The van der Waals surface area contributed by atoms with Crippen LogP contribution in [0.3, 0.4) is 0 Å². The number of aromatic nitrogens is 5. The molecule has 4 heterocycles. The van der Waals surface area contributed by atoms with Gasteiger partial charge in [-0.2, -0.15) is 0 Å². The highest BCUT2D eigenvalue weighted by atomic mass is 16.6. The van der Waals surface area contributed by atoms with Crippen LogP contribution >= 0.6 is 0 Å². The molecule has 1 aliphatic carbocycles. The Bertz CT molecular complexity index is 1260. The minimum atomic E-state index is -0.0956. The fraction of sp³-hybridized carbons (Fsp3) is 0.615. The van der Waals surface area contributed by atoms with Gasteiger partial charge in [-0.1, -0.05) is 19.8 Å². The van der Waals surface area contributed by atoms with Crippen molar-refractivity contribution in [3.63, 3.8) is 0 Å². The molecule has 2 aromatic heterocycles. The molecule has 36 heavy (non-hydrogen) atoms. The molecule has 2 fully saturated rings. The van der Waals surface area contributed by atoms with Gasteiger partial charge in [-0.3, -0.25) is 9.69 Å². The average molecular weight is 495 g/mol. The molecule has 0 unspecified atom stereocenters. The van der Waals surface area contributed by atoms with E-state index >= 15 is 0 Å². The maximum Gasteiger partial charge on any atom is 0.252 e. The van der Waals surface area contributed by atoms with Crippen LogP contribution in [0.4, 0.5) is 0 Å². The quantitative estimate of drug-likeness (QED) is 0.507. The minimum Gasteiger partial charge on any atom is -0.486 e. The molecule has 1 saturated heterocycles. The Balaban J connectivity index is 1.34. The predicted molar refractivity (Wildman–Crippen MR) is 133 cm³/mol. The molecule has 3 aliphatic rings. The summed E-state index contributed by atoms with van der Waals surface area (Å²) in [5.74, 6) is 2.27. The number of nitrogens with zero attached hydrogens (tertiary/aromatic N) is 5. The van der Waals surface area contributed by atoms with Crippen molar-refractivity contribution >= 4 is 10.9 Å². The third-order valence-corrected chi connectivity index (χ3v) is 7.73. The van der Waals surface area contributed by atoms with Crippen molar-refractivity contribution < 1.29 is 14.2 Å². The number of aromatic amines is 1. The predicted octanol–water partition coefficient (Wildman–Crippen LogP) is 3.53. The van der Waals surface area contributed by atoms with Gasteiger partial charge in [-0.05, 0) is 54.7 Å². The summed E-state index contributed by atoms with van der Waals surface area (Å²) in [6.45, 7) is 5.20. The molecule has 10 heteroatoms. The highest BCUT2D eigenvalue weighted by Gasteiger charge is 2.32. The molecule has 0 bridgehead atoms. The standard InChI is InChI=1S/C26H34N6O4/c1-2-22(25-28-29-30-32(25)19-6-3-4-7-19)31(16-20-8-5-9-34-20)15-18-12-17-13-23-24(36-11-10-35-23)14-21(17)27-26(18)33/h12-14,19-20,22H,2-11,15-16H2,1H3,(H,27,33)/t20-,22+/m0/s1. The molecular formula is C26H34N6O4. The van der Waals surface area contributed by atoms with Crippen molar-refractivity contribution in [1.29, 1.82) is 0 Å². The zero-order valence-electron chi connectivity index (χ0n) is 20.8. The molecule has 2 aliphatic heterocycles. The summed E-state index contributed by atoms with van der Waals surface area (Å²) in [7, 11) is 0. The number of hydrogen-bond acceptors (Lipinski definition) is 8. The van der Waals surface area contributed by atoms with Gasteiger partial charge in [0.2, 0.25) is 0 Å². The molecule has 10 nitrogen and oxygen atoms in total. The Hall–Kier alpha value is -2.98. The molecule has 1 N–H and O–H groups in total. The second-order valence-corrected chi connectivity index (χ2v) is 10.1. The first-order valence-electron chi connectivity index (χ1n) is 13.3. The van der Waals surface area contributed by atoms with Gasteiger partial charge in [0.25, 0.3) is 5.56 Å². The average Bonchev–Trinajstić information content (AvgIpc) is 3.67. The van der Waals surface area contributed by atoms with E-state index in [-0.39, 0.29) is 17.7 Å². The van der Waals surface area contributed by atoms with Crippen molar-refractivity contribution in [2.45, 2.75) is 76.6 Å². The van der Waals surface area contributed by atoms with E-state index in [4.69, 9.17) is 14.2 Å². The molecule has 0 spiro atoms. The number of H-pyrrole nitrogens is 1. The monoisotopic (exact) mass is 494 g/mol. The van der Waals surface area contributed by atoms with Crippen LogP contribution in [0.1, 0.15) is 75.3 Å². The van der Waals surface area contributed by atoms with E-state index in [1.807, 2.05) is 22.9 Å². The number of pyridine rings is 1. The Morgan fingerprint density at radius 1 is 1.08 bits per heavy atom. The number of tetrazole rings is 1. The lowest BCUT2D eigenvalue weighted by molar-refractivity contribution is 0.0484. The summed E-state index contributed by atoms with van der Waals surface area (Å²) in [4.78, 5) is 18.6. The lowest BCUT2D eigenvalue weighted by Gasteiger charge is -2.32. The zero-order chi connectivity index (χ0) is 24.5. The normalized spacial score (nSPS) is 21.0. The zero-order valence-corrected chi connectivity index (χ0v) is 20.8. The summed E-state index contributed by atoms with van der Waals surface area (Å²) >= 11 is 0. The van der Waals surface area contributed by atoms with E-state index in [2.05, 4.69) is 32.3 Å². The van der Waals surface area contributed by atoms with Crippen LogP contribution < -0.4 is 15.0 Å². The van der Waals surface area contributed by atoms with Gasteiger partial charge in [0, 0.05) is 36.7 Å². The Labute approximate surface area is 209 Å². The van der Waals surface area contributed by atoms with E-state index in [0.29, 0.717) is 42.9 Å². The van der Waals surface area contributed by atoms with Crippen LogP contribution in [0.15, 0.2) is 23.0 Å². The Morgan fingerprint density at radius 2 is 1.89 bits per heavy atom. The largest absolute Gasteiger partial charge is 0.486 e. The van der Waals surface area contributed by atoms with Crippen LogP contribution in [-0.4, -0.2) is 62.6 Å². The van der Waals surface area contributed by atoms with Crippen LogP contribution in [-0.2, 0) is 11.3 Å². The molecule has 1 aromatic carbocycles. The summed E-state index contributed by atoms with van der Waals surface area (Å²) in [5.41, 5.74) is 1.35. The highest BCUT2D eigenvalue weighted by molar-refractivity contribution is 5.83. The summed E-state index contributed by atoms with van der Waals surface area (Å²) < 4.78 is 19.5. The van der Waals surface area contributed by atoms with Crippen LogP contribution in [0, 0.1) is 0 Å². The van der Waals surface area contributed by atoms with Crippen molar-refractivity contribution in [2.24, 2.45) is 0 Å². The molecule has 2 atom stereocenters. The molecule has 0 amide bonds. The molecule has 0 radical (unpaired) electrons. The van der Waals surface area contributed by atoms with E-state index in [0.717, 1.165) is 62.0 Å². The first-order valence-corrected chi connectivity index (χ1v) is 13.3. The molecule has 192 valence electrons. The first kappa shape index (κ1) is 23.4. The van der Waals surface area contributed by atoms with Crippen molar-refractivity contribution in [3.8, 4) is 11.5 Å². The highest BCUT2D eigenvalue weighted by Crippen LogP contribution is 2.35. The van der Waals surface area contributed by atoms with Gasteiger partial charge in [0.15, 0.2) is 17.3 Å². The number of benzene rings is 1. The van der Waals surface area contributed by atoms with Crippen LogP contribution in [0.5, 0.6) is 11.5 Å². The van der Waals surface area contributed by atoms with Crippen LogP contribution in [0.25, 0.3) is 10.9 Å². The Morgan fingerprint density at radius 3 is 2.64 bits per heavy atom. The first-order chi connectivity index (χ1) is 17.7. The third-order valence-electron chi connectivity index (χ3n) is 7.73. The Kier molecular flexibility index (Phi) is 6.62. The van der Waals surface area contributed by atoms with E-state index in [9.17, 15) is 4.79 Å². The SMILES string of the molecule is CC[C@H](c1nnnn1C1CCCC1)N(Cc1cc2cc3c(cc2[nH]c1=O)OCCO3)C[C@@H]1CCCO1. The maximum absolute atomic E-state index is 13.2. The summed E-state index contributed by atoms with van der Waals surface area (Å²) in [5, 5.41) is 13.9. The number of fused-ring (bicyclic) bond motifs is 2. The second-order valence-electron chi connectivity index (χ2n) is 10.1. The molecule has 1 saturated carbocycles. The van der Waals surface area contributed by atoms with Gasteiger partial charge in [-0.15, -0.1) is 5.10 Å². The smallest absolute Gasteiger partial charge is 0.252 e. The third kappa shape index (κ3) is 4.59. The molecular weight excluding hydrogens is 460 g/mol. The molecule has 6 rings (SSSR count). The lowest BCUT2D eigenvalue weighted by Crippen LogP contribution is -2.38. The van der Waals surface area contributed by atoms with Gasteiger partial charge in [-0.25, -0.2) is 4.68 Å². The van der Waals surface area contributed by atoms with E-state index in [1.165, 1.54) is 12.8 Å². The number of hydrogen-bond donors (Lipinski definition) is 1. The second kappa shape index (κ2) is 10.2. The summed E-state index contributed by atoms with van der Waals surface area (Å²) in [6.07, 6.45) is 7.73. The van der Waals surface area contributed by atoms with Crippen LogP contribution in [0.2, 0.25) is 0 Å². The van der Waals surface area contributed by atoms with Crippen molar-refractivity contribution in [1.82, 2.24) is 30.1 Å². The topological polar surface area (TPSA) is 107 Å². The van der Waals surface area contributed by atoms with Gasteiger partial charge >= 0.3 is 0 Å². The fourth-order valence-electron chi connectivity index (χ4n) is 5.91. The van der Waals surface area contributed by atoms with Crippen molar-refractivity contribution in [3.05, 3.63) is 39.9 Å². The van der Waals surface area contributed by atoms with Gasteiger partial charge in [0.1, 0.15) is 13.2 Å². The number of ether oxygens (including phenoxy) is 3. The van der Waals surface area contributed by atoms with E-state index < -0.39 is 0 Å². The van der Waals surface area contributed by atoms with E-state index in [1.54, 1.807) is 0 Å². The lowest BCUT2D eigenvalue weighted by atomic mass is 10.1. The number of nitrogens with one attached hydrogen (secondary N) is 1. The fourth-order valence-corrected chi connectivity index (χ4v) is 5.91. The maximum atomic E-state index is 13.2. The van der Waals surface area contributed by atoms with Gasteiger partial charge in [0.05, 0.1) is 23.7 Å².